The van der Waals surface area contributed by atoms with E-state index in [2.05, 4.69) is 0 Å². The highest BCUT2D eigenvalue weighted by atomic mass is 35.5. The summed E-state index contributed by atoms with van der Waals surface area (Å²) >= 11 is 5.88. The number of hydrogen-bond donors (Lipinski definition) is 0. The Morgan fingerprint density at radius 3 is 2.30 bits per heavy atom. The smallest absolute Gasteiger partial charge is 0.245 e. The maximum atomic E-state index is 13.1. The summed E-state index contributed by atoms with van der Waals surface area (Å²) in [5.41, 5.74) is -0.934. The standard InChI is InChI=1S/C19H27ClN2O4S/c1-18(2,3)14-17(23)21-10-8-19(9-11-21)22(12-13-26-19)27(24,25)16-6-4-15(20)5-7-16/h4-7H,8-14H2,1-3H3. The molecule has 0 aromatic heterocycles. The molecule has 2 saturated heterocycles. The van der Waals surface area contributed by atoms with Crippen LogP contribution in [0.5, 0.6) is 0 Å². The van der Waals surface area contributed by atoms with E-state index in [4.69, 9.17) is 16.3 Å². The highest BCUT2D eigenvalue weighted by Crippen LogP contribution is 2.38. The Bertz CT molecular complexity index is 794. The fourth-order valence-electron chi connectivity index (χ4n) is 3.73. The molecule has 1 aromatic carbocycles. The number of carbonyl (C=O) groups excluding carboxylic acids is 1. The quantitative estimate of drug-likeness (QED) is 0.762. The number of carbonyl (C=O) groups is 1. The summed E-state index contributed by atoms with van der Waals surface area (Å²) in [6.45, 7) is 7.80. The van der Waals surface area contributed by atoms with Crippen molar-refractivity contribution in [2.75, 3.05) is 26.2 Å². The molecule has 1 amide bonds. The molecule has 2 fully saturated rings. The van der Waals surface area contributed by atoms with Crippen LogP contribution in [0.3, 0.4) is 0 Å². The van der Waals surface area contributed by atoms with Gasteiger partial charge in [-0.1, -0.05) is 32.4 Å². The molecule has 0 saturated carbocycles. The first-order valence-electron chi connectivity index (χ1n) is 9.24. The Balaban J connectivity index is 1.75. The van der Waals surface area contributed by atoms with Gasteiger partial charge < -0.3 is 9.64 Å². The van der Waals surface area contributed by atoms with Gasteiger partial charge in [-0.3, -0.25) is 4.79 Å². The number of hydrogen-bond acceptors (Lipinski definition) is 4. The topological polar surface area (TPSA) is 66.9 Å². The Labute approximate surface area is 166 Å². The van der Waals surface area contributed by atoms with Gasteiger partial charge in [0.2, 0.25) is 15.9 Å². The fraction of sp³-hybridized carbons (Fsp3) is 0.632. The monoisotopic (exact) mass is 414 g/mol. The van der Waals surface area contributed by atoms with Crippen LogP contribution in [-0.2, 0) is 19.6 Å². The van der Waals surface area contributed by atoms with Crippen LogP contribution in [0.15, 0.2) is 29.2 Å². The minimum absolute atomic E-state index is 0.0694. The van der Waals surface area contributed by atoms with Crippen molar-refractivity contribution < 1.29 is 17.9 Å². The summed E-state index contributed by atoms with van der Waals surface area (Å²) in [5, 5.41) is 0.493. The van der Waals surface area contributed by atoms with Gasteiger partial charge in [-0.2, -0.15) is 4.31 Å². The van der Waals surface area contributed by atoms with Gasteiger partial charge in [-0.05, 0) is 29.7 Å². The lowest BCUT2D eigenvalue weighted by molar-refractivity contribution is -0.141. The second-order valence-corrected chi connectivity index (χ2v) is 10.7. The first-order chi connectivity index (χ1) is 12.5. The number of likely N-dealkylation sites (tertiary alicyclic amines) is 1. The second-order valence-electron chi connectivity index (χ2n) is 8.44. The van der Waals surface area contributed by atoms with Gasteiger partial charge in [0.15, 0.2) is 0 Å². The summed E-state index contributed by atoms with van der Waals surface area (Å²) in [5.74, 6) is 0.113. The molecule has 6 nitrogen and oxygen atoms in total. The normalized spacial score (nSPS) is 21.0. The van der Waals surface area contributed by atoms with E-state index in [1.165, 1.54) is 16.4 Å². The van der Waals surface area contributed by atoms with Crippen LogP contribution < -0.4 is 0 Å². The molecule has 0 bridgehead atoms. The van der Waals surface area contributed by atoms with Gasteiger partial charge in [0.1, 0.15) is 5.72 Å². The van der Waals surface area contributed by atoms with Gasteiger partial charge in [-0.15, -0.1) is 0 Å². The SMILES string of the molecule is CC(C)(C)CC(=O)N1CCC2(CC1)OCCN2S(=O)(=O)c1ccc(Cl)cc1. The number of amides is 1. The Morgan fingerprint density at radius 2 is 1.74 bits per heavy atom. The number of ether oxygens (including phenoxy) is 1. The average Bonchev–Trinajstić information content (AvgIpc) is 2.98. The predicted octanol–water partition coefficient (Wildman–Crippen LogP) is 3.12. The fourth-order valence-corrected chi connectivity index (χ4v) is 5.58. The minimum atomic E-state index is -3.68. The Morgan fingerprint density at radius 1 is 1.15 bits per heavy atom. The van der Waals surface area contributed by atoms with Crippen molar-refractivity contribution in [2.45, 2.75) is 50.7 Å². The molecule has 2 heterocycles. The molecule has 0 radical (unpaired) electrons. The average molecular weight is 415 g/mol. The largest absolute Gasteiger partial charge is 0.358 e. The third-order valence-electron chi connectivity index (χ3n) is 5.10. The summed E-state index contributed by atoms with van der Waals surface area (Å²) in [6, 6.07) is 6.19. The molecule has 2 aliphatic heterocycles. The number of halogens is 1. The zero-order valence-corrected chi connectivity index (χ0v) is 17.6. The van der Waals surface area contributed by atoms with E-state index in [1.54, 1.807) is 12.1 Å². The molecule has 27 heavy (non-hydrogen) atoms. The molecule has 1 spiro atoms. The lowest BCUT2D eigenvalue weighted by Gasteiger charge is -2.43. The molecule has 0 aliphatic carbocycles. The van der Waals surface area contributed by atoms with Crippen molar-refractivity contribution in [2.24, 2.45) is 5.41 Å². The summed E-state index contributed by atoms with van der Waals surface area (Å²) in [7, 11) is -3.68. The molecule has 0 N–H and O–H groups in total. The van der Waals surface area contributed by atoms with Crippen LogP contribution in [0.4, 0.5) is 0 Å². The van der Waals surface area contributed by atoms with E-state index in [0.29, 0.717) is 50.5 Å². The summed E-state index contributed by atoms with van der Waals surface area (Å²) in [4.78, 5) is 14.5. The maximum absolute atomic E-state index is 13.1. The molecule has 0 unspecified atom stereocenters. The Hall–Kier alpha value is -1.15. The lowest BCUT2D eigenvalue weighted by atomic mass is 9.91. The van der Waals surface area contributed by atoms with Gasteiger partial charge in [0.25, 0.3) is 0 Å². The van der Waals surface area contributed by atoms with Crippen LogP contribution in [0.1, 0.15) is 40.0 Å². The maximum Gasteiger partial charge on any atom is 0.245 e. The van der Waals surface area contributed by atoms with Gasteiger partial charge in [-0.25, -0.2) is 8.42 Å². The van der Waals surface area contributed by atoms with Crippen molar-refractivity contribution in [1.29, 1.82) is 0 Å². The van der Waals surface area contributed by atoms with Crippen LogP contribution in [0, 0.1) is 5.41 Å². The highest BCUT2D eigenvalue weighted by Gasteiger charge is 2.51. The van der Waals surface area contributed by atoms with Crippen molar-refractivity contribution >= 4 is 27.5 Å². The number of benzene rings is 1. The van der Waals surface area contributed by atoms with E-state index in [-0.39, 0.29) is 16.2 Å². The van der Waals surface area contributed by atoms with E-state index in [1.807, 2.05) is 25.7 Å². The molecule has 1 aromatic rings. The number of piperidine rings is 1. The predicted molar refractivity (Wildman–Crippen MR) is 104 cm³/mol. The first kappa shape index (κ1) is 20.6. The molecule has 8 heteroatoms. The number of sulfonamides is 1. The third kappa shape index (κ3) is 4.31. The molecule has 3 rings (SSSR count). The van der Waals surface area contributed by atoms with Crippen LogP contribution >= 0.6 is 11.6 Å². The second kappa shape index (κ2) is 7.35. The summed E-state index contributed by atoms with van der Waals surface area (Å²) in [6.07, 6.45) is 1.44. The minimum Gasteiger partial charge on any atom is -0.358 e. The zero-order valence-electron chi connectivity index (χ0n) is 16.1. The lowest BCUT2D eigenvalue weighted by Crippen LogP contribution is -2.55. The number of nitrogens with zero attached hydrogens (tertiary/aromatic N) is 2. The van der Waals surface area contributed by atoms with Gasteiger partial charge >= 0.3 is 0 Å². The van der Waals surface area contributed by atoms with E-state index in [9.17, 15) is 13.2 Å². The zero-order chi connectivity index (χ0) is 19.9. The van der Waals surface area contributed by atoms with Crippen molar-refractivity contribution in [3.63, 3.8) is 0 Å². The van der Waals surface area contributed by atoms with Crippen molar-refractivity contribution in [3.8, 4) is 0 Å². The van der Waals surface area contributed by atoms with E-state index >= 15 is 0 Å². The number of rotatable bonds is 3. The first-order valence-corrected chi connectivity index (χ1v) is 11.1. The van der Waals surface area contributed by atoms with Crippen LogP contribution in [-0.4, -0.2) is 55.5 Å². The molecule has 2 aliphatic rings. The highest BCUT2D eigenvalue weighted by molar-refractivity contribution is 7.89. The van der Waals surface area contributed by atoms with Crippen LogP contribution in [0.25, 0.3) is 0 Å². The Kier molecular flexibility index (Phi) is 5.60. The molecular weight excluding hydrogens is 388 g/mol. The molecule has 150 valence electrons. The molecule has 0 atom stereocenters. The van der Waals surface area contributed by atoms with E-state index < -0.39 is 15.7 Å². The molecular formula is C19H27ClN2O4S. The van der Waals surface area contributed by atoms with Gasteiger partial charge in [0.05, 0.1) is 11.5 Å². The van der Waals surface area contributed by atoms with E-state index in [0.717, 1.165) is 0 Å². The summed E-state index contributed by atoms with van der Waals surface area (Å²) < 4.78 is 33.7. The van der Waals surface area contributed by atoms with Crippen molar-refractivity contribution in [1.82, 2.24) is 9.21 Å². The van der Waals surface area contributed by atoms with Crippen molar-refractivity contribution in [3.05, 3.63) is 29.3 Å². The van der Waals surface area contributed by atoms with Crippen LogP contribution in [0.2, 0.25) is 5.02 Å². The third-order valence-corrected chi connectivity index (χ3v) is 7.32. The van der Waals surface area contributed by atoms with Gasteiger partial charge in [0, 0.05) is 43.9 Å².